The number of likely N-dealkylation sites (tertiary alicyclic amines) is 1. The normalized spacial score (nSPS) is 41.7. The van der Waals surface area contributed by atoms with Crippen LogP contribution >= 0.6 is 0 Å². The van der Waals surface area contributed by atoms with Gasteiger partial charge in [0, 0.05) is 12.6 Å². The first kappa shape index (κ1) is 12.2. The summed E-state index contributed by atoms with van der Waals surface area (Å²) in [7, 11) is -1.44. The molecule has 0 spiro atoms. The van der Waals surface area contributed by atoms with Crippen LogP contribution in [0, 0.1) is 17.8 Å². The SMILES string of the molecule is N[C@@H]1[C@H](C(=O)N2CCC[C@H]2B(O)O)[C@@H]2C=C[C@@H]1C2. The molecule has 0 aromatic heterocycles. The van der Waals surface area contributed by atoms with Gasteiger partial charge in [0.15, 0.2) is 0 Å². The smallest absolute Gasteiger partial charge is 0.426 e. The Morgan fingerprint density at radius 1 is 1.33 bits per heavy atom. The molecule has 1 saturated heterocycles. The summed E-state index contributed by atoms with van der Waals surface area (Å²) in [5, 5.41) is 18.7. The summed E-state index contributed by atoms with van der Waals surface area (Å²) < 4.78 is 0. The molecule has 1 amide bonds. The number of nitrogens with zero attached hydrogens (tertiary/aromatic N) is 1. The van der Waals surface area contributed by atoms with Gasteiger partial charge >= 0.3 is 7.12 Å². The van der Waals surface area contributed by atoms with E-state index in [2.05, 4.69) is 12.2 Å². The van der Waals surface area contributed by atoms with E-state index in [1.54, 1.807) is 4.90 Å². The highest BCUT2D eigenvalue weighted by Gasteiger charge is 2.49. The van der Waals surface area contributed by atoms with E-state index in [9.17, 15) is 14.8 Å². The molecule has 2 bridgehead atoms. The van der Waals surface area contributed by atoms with Crippen molar-refractivity contribution in [1.82, 2.24) is 4.90 Å². The van der Waals surface area contributed by atoms with Crippen LogP contribution in [0.5, 0.6) is 0 Å². The van der Waals surface area contributed by atoms with Crippen LogP contribution in [0.4, 0.5) is 0 Å². The molecule has 2 fully saturated rings. The topological polar surface area (TPSA) is 86.8 Å². The molecule has 0 aromatic rings. The largest absolute Gasteiger partial charge is 0.475 e. The van der Waals surface area contributed by atoms with Crippen LogP contribution in [-0.4, -0.2) is 46.5 Å². The standard InChI is InChI=1S/C12H19BN2O3/c14-11-8-4-3-7(6-8)10(11)12(16)15-5-1-2-9(15)13(17)18/h3-4,7-11,17-18H,1-2,5-6,14H2/t7-,8-,9+,10-,11+/m1/s1. The van der Waals surface area contributed by atoms with Crippen LogP contribution in [0.3, 0.4) is 0 Å². The zero-order valence-electron chi connectivity index (χ0n) is 10.3. The predicted octanol–water partition coefficient (Wildman–Crippen LogP) is -0.861. The van der Waals surface area contributed by atoms with Gasteiger partial charge in [-0.1, -0.05) is 12.2 Å². The molecular formula is C12H19BN2O3. The molecule has 98 valence electrons. The molecule has 6 heteroatoms. The summed E-state index contributed by atoms with van der Waals surface area (Å²) in [5.41, 5.74) is 6.13. The summed E-state index contributed by atoms with van der Waals surface area (Å²) >= 11 is 0. The van der Waals surface area contributed by atoms with Gasteiger partial charge in [-0.3, -0.25) is 4.79 Å². The zero-order valence-corrected chi connectivity index (χ0v) is 10.3. The third-order valence-electron chi connectivity index (χ3n) is 4.73. The Balaban J connectivity index is 1.77. The van der Waals surface area contributed by atoms with Gasteiger partial charge in [0.25, 0.3) is 0 Å². The summed E-state index contributed by atoms with van der Waals surface area (Å²) in [6.07, 6.45) is 6.67. The molecule has 5 nitrogen and oxygen atoms in total. The van der Waals surface area contributed by atoms with Crippen molar-refractivity contribution in [2.24, 2.45) is 23.5 Å². The van der Waals surface area contributed by atoms with Crippen molar-refractivity contribution in [3.63, 3.8) is 0 Å². The van der Waals surface area contributed by atoms with Gasteiger partial charge in [-0.25, -0.2) is 0 Å². The van der Waals surface area contributed by atoms with Crippen LogP contribution in [0.25, 0.3) is 0 Å². The summed E-state index contributed by atoms with van der Waals surface area (Å²) in [5.74, 6) is -0.0410. The average molecular weight is 250 g/mol. The quantitative estimate of drug-likeness (QED) is 0.439. The van der Waals surface area contributed by atoms with Crippen molar-refractivity contribution >= 4 is 13.0 Å². The molecule has 0 radical (unpaired) electrons. The highest BCUT2D eigenvalue weighted by atomic mass is 16.4. The molecule has 4 N–H and O–H groups in total. The number of nitrogens with two attached hydrogens (primary N) is 1. The maximum Gasteiger partial charge on any atom is 0.475 e. The first-order valence-corrected chi connectivity index (χ1v) is 6.70. The monoisotopic (exact) mass is 250 g/mol. The molecule has 18 heavy (non-hydrogen) atoms. The van der Waals surface area contributed by atoms with Crippen molar-refractivity contribution in [2.75, 3.05) is 6.54 Å². The average Bonchev–Trinajstić information content (AvgIpc) is 3.03. The van der Waals surface area contributed by atoms with E-state index in [4.69, 9.17) is 5.73 Å². The number of rotatable bonds is 2. The molecule has 2 aliphatic carbocycles. The van der Waals surface area contributed by atoms with Gasteiger partial charge in [-0.05, 0) is 31.1 Å². The molecule has 0 unspecified atom stereocenters. The lowest BCUT2D eigenvalue weighted by Gasteiger charge is -2.31. The van der Waals surface area contributed by atoms with Crippen molar-refractivity contribution in [2.45, 2.75) is 31.2 Å². The molecule has 3 rings (SSSR count). The fourth-order valence-electron chi connectivity index (χ4n) is 3.78. The van der Waals surface area contributed by atoms with E-state index in [0.717, 1.165) is 12.8 Å². The third kappa shape index (κ3) is 1.71. The van der Waals surface area contributed by atoms with Crippen LogP contribution < -0.4 is 5.73 Å². The van der Waals surface area contributed by atoms with E-state index in [1.807, 2.05) is 0 Å². The van der Waals surface area contributed by atoms with Crippen molar-refractivity contribution < 1.29 is 14.8 Å². The first-order chi connectivity index (χ1) is 8.59. The van der Waals surface area contributed by atoms with Crippen molar-refractivity contribution in [3.8, 4) is 0 Å². The Hall–Kier alpha value is -0.845. The molecular weight excluding hydrogens is 231 g/mol. The van der Waals surface area contributed by atoms with Crippen LogP contribution in [0.1, 0.15) is 19.3 Å². The lowest BCUT2D eigenvalue weighted by molar-refractivity contribution is -0.136. The molecule has 0 aromatic carbocycles. The number of carbonyl (C=O) groups is 1. The summed E-state index contributed by atoms with van der Waals surface area (Å²) in [4.78, 5) is 14.2. The maximum atomic E-state index is 12.6. The van der Waals surface area contributed by atoms with Gasteiger partial charge in [-0.2, -0.15) is 0 Å². The van der Waals surface area contributed by atoms with E-state index >= 15 is 0 Å². The zero-order chi connectivity index (χ0) is 12.9. The summed E-state index contributed by atoms with van der Waals surface area (Å²) in [6.45, 7) is 0.617. The Kier molecular flexibility index (Phi) is 2.96. The van der Waals surface area contributed by atoms with E-state index < -0.39 is 13.1 Å². The van der Waals surface area contributed by atoms with E-state index in [0.29, 0.717) is 18.9 Å². The minimum atomic E-state index is -1.44. The van der Waals surface area contributed by atoms with Gasteiger partial charge in [0.05, 0.1) is 11.9 Å². The second-order valence-corrected chi connectivity index (χ2v) is 5.71. The van der Waals surface area contributed by atoms with E-state index in [-0.39, 0.29) is 23.8 Å². The number of carbonyl (C=O) groups excluding carboxylic acids is 1. The second-order valence-electron chi connectivity index (χ2n) is 5.71. The Morgan fingerprint density at radius 3 is 2.67 bits per heavy atom. The lowest BCUT2D eigenvalue weighted by Crippen LogP contribution is -2.51. The number of fused-ring (bicyclic) bond motifs is 2. The number of allylic oxidation sites excluding steroid dienone is 1. The van der Waals surface area contributed by atoms with Gasteiger partial charge in [-0.15, -0.1) is 0 Å². The Morgan fingerprint density at radius 2 is 2.06 bits per heavy atom. The number of hydrogen-bond donors (Lipinski definition) is 3. The molecule has 3 aliphatic rings. The molecule has 1 aliphatic heterocycles. The van der Waals surface area contributed by atoms with E-state index in [1.165, 1.54) is 0 Å². The molecule has 1 heterocycles. The fourth-order valence-corrected chi connectivity index (χ4v) is 3.78. The van der Waals surface area contributed by atoms with Gasteiger partial charge in [0.1, 0.15) is 0 Å². The Labute approximate surface area is 107 Å². The minimum Gasteiger partial charge on any atom is -0.426 e. The highest BCUT2D eigenvalue weighted by molar-refractivity contribution is 6.43. The number of amides is 1. The van der Waals surface area contributed by atoms with Crippen molar-refractivity contribution in [1.29, 1.82) is 0 Å². The lowest BCUT2D eigenvalue weighted by atomic mass is 9.77. The predicted molar refractivity (Wildman–Crippen MR) is 67.1 cm³/mol. The Bertz CT molecular complexity index is 388. The van der Waals surface area contributed by atoms with Gasteiger partial charge < -0.3 is 20.7 Å². The third-order valence-corrected chi connectivity index (χ3v) is 4.73. The van der Waals surface area contributed by atoms with Crippen LogP contribution in [-0.2, 0) is 4.79 Å². The fraction of sp³-hybridized carbons (Fsp3) is 0.750. The molecule has 5 atom stereocenters. The summed E-state index contributed by atoms with van der Waals surface area (Å²) in [6, 6.07) is -0.107. The van der Waals surface area contributed by atoms with Crippen molar-refractivity contribution in [3.05, 3.63) is 12.2 Å². The number of hydrogen-bond acceptors (Lipinski definition) is 4. The maximum absolute atomic E-state index is 12.6. The van der Waals surface area contributed by atoms with Crippen LogP contribution in [0.2, 0.25) is 0 Å². The van der Waals surface area contributed by atoms with Gasteiger partial charge in [0.2, 0.25) is 5.91 Å². The van der Waals surface area contributed by atoms with Crippen LogP contribution in [0.15, 0.2) is 12.2 Å². The molecule has 1 saturated carbocycles. The highest BCUT2D eigenvalue weighted by Crippen LogP contribution is 2.44. The first-order valence-electron chi connectivity index (χ1n) is 6.70. The minimum absolute atomic E-state index is 0.00921. The second kappa shape index (κ2) is 4.37.